The van der Waals surface area contributed by atoms with Crippen LogP contribution >= 0.6 is 0 Å². The second-order valence-corrected chi connectivity index (χ2v) is 4.67. The van der Waals surface area contributed by atoms with E-state index in [1.165, 1.54) is 0 Å². The maximum atomic E-state index is 12.0. The summed E-state index contributed by atoms with van der Waals surface area (Å²) in [7, 11) is 0. The summed E-state index contributed by atoms with van der Waals surface area (Å²) in [6.45, 7) is 1.85. The molecule has 1 amide bonds. The largest absolute Gasteiger partial charge is 0.394 e. The highest BCUT2D eigenvalue weighted by Gasteiger charge is 2.29. The average molecular weight is 249 g/mol. The summed E-state index contributed by atoms with van der Waals surface area (Å²) >= 11 is 0. The Kier molecular flexibility index (Phi) is 4.33. The predicted molar refractivity (Wildman–Crippen MR) is 68.0 cm³/mol. The van der Waals surface area contributed by atoms with Crippen molar-refractivity contribution >= 4 is 5.91 Å². The number of aliphatic hydroxyl groups excluding tert-OH is 1. The Bertz CT molecular complexity index is 393. The zero-order chi connectivity index (χ0) is 13.0. The highest BCUT2D eigenvalue weighted by atomic mass is 16.5. The second kappa shape index (κ2) is 5.98. The quantitative estimate of drug-likeness (QED) is 0.848. The molecule has 0 aromatic heterocycles. The lowest BCUT2D eigenvalue weighted by molar-refractivity contribution is -0.132. The lowest BCUT2D eigenvalue weighted by Gasteiger charge is -2.19. The van der Waals surface area contributed by atoms with Gasteiger partial charge in [0.2, 0.25) is 5.91 Å². The molecule has 3 atom stereocenters. The van der Waals surface area contributed by atoms with Crippen molar-refractivity contribution in [3.8, 4) is 0 Å². The third-order valence-electron chi connectivity index (χ3n) is 3.23. The number of hydrogen-bond donors (Lipinski definition) is 2. The molecular weight excluding hydrogens is 230 g/mol. The second-order valence-electron chi connectivity index (χ2n) is 4.67. The first-order valence-electron chi connectivity index (χ1n) is 6.32. The molecule has 0 bridgehead atoms. The van der Waals surface area contributed by atoms with Crippen LogP contribution < -0.4 is 5.32 Å². The topological polar surface area (TPSA) is 58.6 Å². The number of benzene rings is 1. The van der Waals surface area contributed by atoms with E-state index in [4.69, 9.17) is 4.74 Å². The molecule has 2 N–H and O–H groups in total. The van der Waals surface area contributed by atoms with Gasteiger partial charge in [-0.25, -0.2) is 0 Å². The van der Waals surface area contributed by atoms with Gasteiger partial charge >= 0.3 is 0 Å². The van der Waals surface area contributed by atoms with Crippen molar-refractivity contribution in [2.24, 2.45) is 0 Å². The molecule has 1 aliphatic heterocycles. The van der Waals surface area contributed by atoms with E-state index in [2.05, 4.69) is 5.32 Å². The molecular formula is C14H19NO3. The van der Waals surface area contributed by atoms with Crippen LogP contribution in [0.15, 0.2) is 30.3 Å². The number of hydrogen-bond acceptors (Lipinski definition) is 3. The minimum absolute atomic E-state index is 0.113. The molecule has 0 radical (unpaired) electrons. The fourth-order valence-electron chi connectivity index (χ4n) is 2.18. The molecule has 0 spiro atoms. The lowest BCUT2D eigenvalue weighted by Crippen LogP contribution is -2.38. The summed E-state index contributed by atoms with van der Waals surface area (Å²) in [5.41, 5.74) is 0.902. The Morgan fingerprint density at radius 1 is 1.44 bits per heavy atom. The first-order valence-corrected chi connectivity index (χ1v) is 6.32. The summed E-state index contributed by atoms with van der Waals surface area (Å²) in [5, 5.41) is 12.2. The molecule has 4 heteroatoms. The fraction of sp³-hybridized carbons (Fsp3) is 0.500. The normalized spacial score (nSPS) is 24.8. The monoisotopic (exact) mass is 249 g/mol. The maximum absolute atomic E-state index is 12.0. The van der Waals surface area contributed by atoms with Crippen LogP contribution in [0.2, 0.25) is 0 Å². The SMILES string of the molecule is CC1CCC(C(=O)N[C@H](CO)c2ccccc2)O1. The van der Waals surface area contributed by atoms with Crippen molar-refractivity contribution in [1.82, 2.24) is 5.32 Å². The van der Waals surface area contributed by atoms with Gasteiger partial charge in [0, 0.05) is 0 Å². The van der Waals surface area contributed by atoms with Crippen molar-refractivity contribution in [3.63, 3.8) is 0 Å². The summed E-state index contributed by atoms with van der Waals surface area (Å²) in [6.07, 6.45) is 1.43. The van der Waals surface area contributed by atoms with Crippen molar-refractivity contribution in [3.05, 3.63) is 35.9 Å². The molecule has 1 heterocycles. The van der Waals surface area contributed by atoms with E-state index < -0.39 is 0 Å². The molecule has 1 aromatic carbocycles. The third kappa shape index (κ3) is 3.09. The van der Waals surface area contributed by atoms with Gasteiger partial charge in [0.15, 0.2) is 0 Å². The van der Waals surface area contributed by atoms with E-state index in [1.807, 2.05) is 37.3 Å². The standard InChI is InChI=1S/C14H19NO3/c1-10-7-8-13(18-10)14(17)15-12(9-16)11-5-3-2-4-6-11/h2-6,10,12-13,16H,7-9H2,1H3,(H,15,17)/t10?,12-,13?/m1/s1. The van der Waals surface area contributed by atoms with Crippen LogP contribution in [0.1, 0.15) is 31.4 Å². The summed E-state index contributed by atoms with van der Waals surface area (Å²) < 4.78 is 5.51. The molecule has 1 fully saturated rings. The van der Waals surface area contributed by atoms with Crippen LogP contribution in [0.25, 0.3) is 0 Å². The van der Waals surface area contributed by atoms with Gasteiger partial charge in [0.1, 0.15) is 6.10 Å². The molecule has 1 aliphatic rings. The maximum Gasteiger partial charge on any atom is 0.249 e. The number of amides is 1. The van der Waals surface area contributed by atoms with Crippen molar-refractivity contribution in [2.75, 3.05) is 6.61 Å². The van der Waals surface area contributed by atoms with Crippen molar-refractivity contribution in [2.45, 2.75) is 38.0 Å². The van der Waals surface area contributed by atoms with E-state index in [-0.39, 0.29) is 30.8 Å². The van der Waals surface area contributed by atoms with E-state index in [1.54, 1.807) is 0 Å². The van der Waals surface area contributed by atoms with Gasteiger partial charge in [-0.15, -0.1) is 0 Å². The zero-order valence-electron chi connectivity index (χ0n) is 10.5. The molecule has 2 rings (SSSR count). The number of carbonyl (C=O) groups excluding carboxylic acids is 1. The summed E-state index contributed by atoms with van der Waals surface area (Å²) in [5.74, 6) is -0.137. The Morgan fingerprint density at radius 2 is 2.17 bits per heavy atom. The molecule has 18 heavy (non-hydrogen) atoms. The third-order valence-corrected chi connectivity index (χ3v) is 3.23. The van der Waals surface area contributed by atoms with Gasteiger partial charge in [-0.3, -0.25) is 4.79 Å². The van der Waals surface area contributed by atoms with Crippen LogP contribution in [-0.4, -0.2) is 29.8 Å². The first kappa shape index (κ1) is 13.1. The van der Waals surface area contributed by atoms with Crippen LogP contribution in [0.3, 0.4) is 0 Å². The molecule has 98 valence electrons. The minimum atomic E-state index is -0.377. The van der Waals surface area contributed by atoms with Crippen molar-refractivity contribution in [1.29, 1.82) is 0 Å². The van der Waals surface area contributed by atoms with E-state index in [0.717, 1.165) is 18.4 Å². The van der Waals surface area contributed by atoms with E-state index in [9.17, 15) is 9.90 Å². The van der Waals surface area contributed by atoms with Crippen molar-refractivity contribution < 1.29 is 14.6 Å². The van der Waals surface area contributed by atoms with Gasteiger partial charge in [-0.05, 0) is 25.3 Å². The molecule has 1 saturated heterocycles. The highest BCUT2D eigenvalue weighted by Crippen LogP contribution is 2.20. The summed E-state index contributed by atoms with van der Waals surface area (Å²) in [4.78, 5) is 12.0. The van der Waals surface area contributed by atoms with Gasteiger partial charge in [-0.2, -0.15) is 0 Å². The number of rotatable bonds is 4. The van der Waals surface area contributed by atoms with Gasteiger partial charge in [0.25, 0.3) is 0 Å². The number of ether oxygens (including phenoxy) is 1. The van der Waals surface area contributed by atoms with Crippen LogP contribution in [0, 0.1) is 0 Å². The molecule has 2 unspecified atom stereocenters. The molecule has 4 nitrogen and oxygen atoms in total. The van der Waals surface area contributed by atoms with Gasteiger partial charge < -0.3 is 15.2 Å². The average Bonchev–Trinajstić information content (AvgIpc) is 2.83. The predicted octanol–water partition coefficient (Wildman–Crippen LogP) is 1.40. The zero-order valence-corrected chi connectivity index (χ0v) is 10.5. The van der Waals surface area contributed by atoms with E-state index in [0.29, 0.717) is 0 Å². The minimum Gasteiger partial charge on any atom is -0.394 e. The van der Waals surface area contributed by atoms with Crippen LogP contribution in [-0.2, 0) is 9.53 Å². The van der Waals surface area contributed by atoms with Crippen LogP contribution in [0.5, 0.6) is 0 Å². The van der Waals surface area contributed by atoms with E-state index >= 15 is 0 Å². The molecule has 0 saturated carbocycles. The Balaban J connectivity index is 1.96. The Labute approximate surface area is 107 Å². The Hall–Kier alpha value is -1.39. The fourth-order valence-corrected chi connectivity index (χ4v) is 2.18. The summed E-state index contributed by atoms with van der Waals surface area (Å²) in [6, 6.07) is 9.09. The number of carbonyl (C=O) groups is 1. The smallest absolute Gasteiger partial charge is 0.249 e. The molecule has 0 aliphatic carbocycles. The lowest BCUT2D eigenvalue weighted by atomic mass is 10.1. The number of aliphatic hydroxyl groups is 1. The number of nitrogens with one attached hydrogen (secondary N) is 1. The van der Waals surface area contributed by atoms with Gasteiger partial charge in [-0.1, -0.05) is 30.3 Å². The van der Waals surface area contributed by atoms with Gasteiger partial charge in [0.05, 0.1) is 18.8 Å². The Morgan fingerprint density at radius 3 is 2.72 bits per heavy atom. The molecule has 1 aromatic rings. The first-order chi connectivity index (χ1) is 8.70. The van der Waals surface area contributed by atoms with Crippen LogP contribution in [0.4, 0.5) is 0 Å². The highest BCUT2D eigenvalue weighted by molar-refractivity contribution is 5.81.